The van der Waals surface area contributed by atoms with Crippen molar-refractivity contribution < 1.29 is 14.3 Å². The van der Waals surface area contributed by atoms with E-state index in [0.29, 0.717) is 17.9 Å². The Balaban J connectivity index is 1.93. The number of amides is 2. The molecule has 0 bridgehead atoms. The third kappa shape index (κ3) is 4.24. The van der Waals surface area contributed by atoms with Crippen LogP contribution in [0.25, 0.3) is 11.1 Å². The van der Waals surface area contributed by atoms with E-state index in [1.54, 1.807) is 18.1 Å². The minimum atomic E-state index is -0.767. The van der Waals surface area contributed by atoms with E-state index in [0.717, 1.165) is 22.3 Å². The number of fused-ring (bicyclic) bond motifs is 3. The molecule has 1 heterocycles. The summed E-state index contributed by atoms with van der Waals surface area (Å²) in [5.74, 6) is 0.203. The van der Waals surface area contributed by atoms with Crippen LogP contribution in [-0.2, 0) is 11.3 Å². The fraction of sp³-hybridized carbons (Fsp3) is 0.259. The van der Waals surface area contributed by atoms with Crippen LogP contribution in [-0.4, -0.2) is 29.4 Å². The third-order valence-electron chi connectivity index (χ3n) is 5.52. The first-order chi connectivity index (χ1) is 15.3. The lowest BCUT2D eigenvalue weighted by Gasteiger charge is -2.33. The molecule has 1 N–H and O–H groups in total. The summed E-state index contributed by atoms with van der Waals surface area (Å²) < 4.78 is 5.40. The summed E-state index contributed by atoms with van der Waals surface area (Å²) in [6, 6.07) is 22.2. The van der Waals surface area contributed by atoms with Gasteiger partial charge >= 0.3 is 0 Å². The Morgan fingerprint density at radius 1 is 0.938 bits per heavy atom. The average molecular weight is 429 g/mol. The number of nitrogens with zero attached hydrogens (tertiary/aromatic N) is 1. The van der Waals surface area contributed by atoms with Gasteiger partial charge in [-0.3, -0.25) is 9.59 Å². The second-order valence-electron chi connectivity index (χ2n) is 9.06. The Labute approximate surface area is 189 Å². The summed E-state index contributed by atoms with van der Waals surface area (Å²) >= 11 is 0. The van der Waals surface area contributed by atoms with Crippen molar-refractivity contribution in [3.8, 4) is 16.9 Å². The van der Waals surface area contributed by atoms with Crippen molar-refractivity contribution in [2.75, 3.05) is 7.11 Å². The predicted molar refractivity (Wildman–Crippen MR) is 125 cm³/mol. The van der Waals surface area contributed by atoms with Crippen molar-refractivity contribution in [1.82, 2.24) is 10.2 Å². The van der Waals surface area contributed by atoms with E-state index in [1.165, 1.54) is 0 Å². The van der Waals surface area contributed by atoms with E-state index < -0.39 is 11.6 Å². The molecular formula is C27H28N2O3. The number of hydrogen-bond donors (Lipinski definition) is 1. The van der Waals surface area contributed by atoms with Gasteiger partial charge in [-0.2, -0.15) is 0 Å². The monoisotopic (exact) mass is 428 g/mol. The Bertz CT molecular complexity index is 1150. The van der Waals surface area contributed by atoms with E-state index in [1.807, 2.05) is 87.5 Å². The van der Waals surface area contributed by atoms with Gasteiger partial charge in [0.05, 0.1) is 12.7 Å². The molecule has 5 heteroatoms. The fourth-order valence-corrected chi connectivity index (χ4v) is 4.15. The molecule has 0 spiro atoms. The first kappa shape index (κ1) is 21.6. The molecule has 1 atom stereocenters. The lowest BCUT2D eigenvalue weighted by atomic mass is 9.93. The highest BCUT2D eigenvalue weighted by atomic mass is 16.5. The highest BCUT2D eigenvalue weighted by Crippen LogP contribution is 2.40. The largest absolute Gasteiger partial charge is 0.497 e. The molecule has 0 saturated heterocycles. The molecule has 2 amide bonds. The molecule has 0 fully saturated rings. The summed E-state index contributed by atoms with van der Waals surface area (Å²) in [4.78, 5) is 29.2. The fourth-order valence-electron chi connectivity index (χ4n) is 4.15. The van der Waals surface area contributed by atoms with Crippen LogP contribution in [0.3, 0.4) is 0 Å². The molecule has 3 aromatic carbocycles. The highest BCUT2D eigenvalue weighted by Gasteiger charge is 2.38. The van der Waals surface area contributed by atoms with Crippen LogP contribution in [0.4, 0.5) is 0 Å². The molecule has 4 rings (SSSR count). The number of nitrogens with one attached hydrogen (secondary N) is 1. The second kappa shape index (κ2) is 8.50. The second-order valence-corrected chi connectivity index (χ2v) is 9.06. The molecule has 0 saturated carbocycles. The highest BCUT2D eigenvalue weighted by molar-refractivity contribution is 6.06. The molecule has 32 heavy (non-hydrogen) atoms. The molecule has 1 unspecified atom stereocenters. The van der Waals surface area contributed by atoms with Gasteiger partial charge in [-0.15, -0.1) is 0 Å². The van der Waals surface area contributed by atoms with E-state index >= 15 is 0 Å². The van der Waals surface area contributed by atoms with Gasteiger partial charge in [-0.05, 0) is 61.2 Å². The Morgan fingerprint density at radius 2 is 1.62 bits per heavy atom. The summed E-state index contributed by atoms with van der Waals surface area (Å²) in [6.07, 6.45) is 0. The molecule has 3 aromatic rings. The van der Waals surface area contributed by atoms with Crippen molar-refractivity contribution in [2.45, 2.75) is 38.9 Å². The molecule has 164 valence electrons. The maximum atomic E-state index is 13.9. The van der Waals surface area contributed by atoms with Gasteiger partial charge in [0.2, 0.25) is 5.91 Å². The normalized spacial score (nSPS) is 15.4. The molecule has 5 nitrogen and oxygen atoms in total. The van der Waals surface area contributed by atoms with Crippen LogP contribution in [0, 0.1) is 0 Å². The van der Waals surface area contributed by atoms with E-state index in [4.69, 9.17) is 4.74 Å². The first-order valence-corrected chi connectivity index (χ1v) is 10.7. The number of ether oxygens (including phenoxy) is 1. The van der Waals surface area contributed by atoms with Crippen molar-refractivity contribution in [1.29, 1.82) is 0 Å². The van der Waals surface area contributed by atoms with Gasteiger partial charge in [-0.1, -0.05) is 54.6 Å². The van der Waals surface area contributed by atoms with Crippen LogP contribution in [0.15, 0.2) is 72.8 Å². The van der Waals surface area contributed by atoms with Crippen molar-refractivity contribution in [2.24, 2.45) is 0 Å². The minimum Gasteiger partial charge on any atom is -0.497 e. The SMILES string of the molecule is COc1ccc2c(c1)C(=O)N(Cc1ccccc1)C(C(=O)NC(C)(C)C)c1ccccc1-2. The van der Waals surface area contributed by atoms with Crippen LogP contribution in [0.5, 0.6) is 5.75 Å². The predicted octanol–water partition coefficient (Wildman–Crippen LogP) is 4.97. The molecule has 1 aliphatic heterocycles. The van der Waals surface area contributed by atoms with Crippen LogP contribution < -0.4 is 10.1 Å². The van der Waals surface area contributed by atoms with Crippen molar-refractivity contribution in [3.63, 3.8) is 0 Å². The number of methoxy groups -OCH3 is 1. The molecule has 0 aliphatic carbocycles. The molecular weight excluding hydrogens is 400 g/mol. The molecule has 1 aliphatic rings. The maximum Gasteiger partial charge on any atom is 0.255 e. The van der Waals surface area contributed by atoms with Crippen LogP contribution >= 0.6 is 0 Å². The summed E-state index contributed by atoms with van der Waals surface area (Å²) in [5.41, 5.74) is 3.54. The van der Waals surface area contributed by atoms with Gasteiger partial charge in [0, 0.05) is 12.1 Å². The van der Waals surface area contributed by atoms with Crippen molar-refractivity contribution in [3.05, 3.63) is 89.5 Å². The Hall–Kier alpha value is -3.60. The minimum absolute atomic E-state index is 0.200. The number of carbonyl (C=O) groups is 2. The number of rotatable bonds is 4. The van der Waals surface area contributed by atoms with Gasteiger partial charge in [0.25, 0.3) is 5.91 Å². The summed E-state index contributed by atoms with van der Waals surface area (Å²) in [6.45, 7) is 6.14. The number of benzene rings is 3. The quantitative estimate of drug-likeness (QED) is 0.638. The summed E-state index contributed by atoms with van der Waals surface area (Å²) in [5, 5.41) is 3.09. The zero-order valence-electron chi connectivity index (χ0n) is 18.9. The van der Waals surface area contributed by atoms with E-state index in [2.05, 4.69) is 5.32 Å². The maximum absolute atomic E-state index is 13.9. The Kier molecular flexibility index (Phi) is 5.74. The zero-order valence-corrected chi connectivity index (χ0v) is 18.9. The van der Waals surface area contributed by atoms with Gasteiger partial charge in [0.1, 0.15) is 11.8 Å². The molecule has 0 aromatic heterocycles. The van der Waals surface area contributed by atoms with Gasteiger partial charge in [-0.25, -0.2) is 0 Å². The smallest absolute Gasteiger partial charge is 0.255 e. The zero-order chi connectivity index (χ0) is 22.9. The number of carbonyl (C=O) groups excluding carboxylic acids is 2. The first-order valence-electron chi connectivity index (χ1n) is 10.7. The summed E-state index contributed by atoms with van der Waals surface area (Å²) in [7, 11) is 1.58. The standard InChI is InChI=1S/C27H28N2O3/c1-27(2,3)28-25(30)24-22-13-9-8-12-20(22)21-15-14-19(32-4)16-23(21)26(31)29(24)17-18-10-6-5-7-11-18/h5-16,24H,17H2,1-4H3,(H,28,30). The lowest BCUT2D eigenvalue weighted by molar-refractivity contribution is -0.127. The number of hydrogen-bond acceptors (Lipinski definition) is 3. The van der Waals surface area contributed by atoms with Gasteiger partial charge < -0.3 is 15.0 Å². The third-order valence-corrected chi connectivity index (χ3v) is 5.52. The van der Waals surface area contributed by atoms with Crippen LogP contribution in [0.2, 0.25) is 0 Å². The van der Waals surface area contributed by atoms with Gasteiger partial charge in [0.15, 0.2) is 0 Å². The Morgan fingerprint density at radius 3 is 2.31 bits per heavy atom. The van der Waals surface area contributed by atoms with E-state index in [-0.39, 0.29) is 11.8 Å². The average Bonchev–Trinajstić information content (AvgIpc) is 2.86. The topological polar surface area (TPSA) is 58.6 Å². The molecule has 0 radical (unpaired) electrons. The van der Waals surface area contributed by atoms with Crippen LogP contribution in [0.1, 0.15) is 48.3 Å². The van der Waals surface area contributed by atoms with E-state index in [9.17, 15) is 9.59 Å². The lowest BCUT2D eigenvalue weighted by Crippen LogP contribution is -2.48. The van der Waals surface area contributed by atoms with Crippen molar-refractivity contribution >= 4 is 11.8 Å².